The maximum Gasteiger partial charge on any atom is 0.226 e. The topological polar surface area (TPSA) is 261 Å². The summed E-state index contributed by atoms with van der Waals surface area (Å²) in [6, 6.07) is 20.0. The minimum atomic E-state index is -0.883. The highest BCUT2D eigenvalue weighted by molar-refractivity contribution is 9.09. The Morgan fingerprint density at radius 1 is 0.667 bits per heavy atom. The molecule has 568 valence electrons. The minimum absolute atomic E-state index is 0.00503. The van der Waals surface area contributed by atoms with Crippen LogP contribution in [0.3, 0.4) is 0 Å². The first kappa shape index (κ1) is 88.6. The van der Waals surface area contributed by atoms with E-state index in [1.807, 2.05) is 128 Å². The fraction of sp³-hybridized carbons (Fsp3) is 0.641. The molecule has 22 nitrogen and oxygen atoms in total. The molecule has 0 radical (unpaired) electrons. The second-order valence-corrected chi connectivity index (χ2v) is 28.9. The molecule has 1 aliphatic rings. The number of alkyl halides is 2. The van der Waals surface area contributed by atoms with E-state index in [9.17, 15) is 38.4 Å². The fourth-order valence-electron chi connectivity index (χ4n) is 12.9. The summed E-state index contributed by atoms with van der Waals surface area (Å²) in [6.07, 6.45) is 3.26. The number of halogens is 2. The minimum Gasteiger partial charge on any atom is -0.379 e. The molecule has 0 aliphatic carbocycles. The number of aromatic nitrogens is 2. The van der Waals surface area contributed by atoms with E-state index >= 15 is 0 Å². The van der Waals surface area contributed by atoms with Crippen LogP contribution in [0.2, 0.25) is 0 Å². The second kappa shape index (κ2) is 47.6. The zero-order valence-corrected chi connectivity index (χ0v) is 66.4. The number of fused-ring (bicyclic) bond motifs is 1. The second-order valence-electron chi connectivity index (χ2n) is 27.8. The molecular formula is C78H117Br2N7O15. The van der Waals surface area contributed by atoms with Crippen molar-refractivity contribution in [3.63, 3.8) is 0 Å². The molecule has 9 atom stereocenters. The summed E-state index contributed by atoms with van der Waals surface area (Å²) in [5.41, 5.74) is 6.25. The Hall–Kier alpha value is -5.80. The van der Waals surface area contributed by atoms with E-state index < -0.39 is 42.2 Å². The van der Waals surface area contributed by atoms with Crippen molar-refractivity contribution >= 4 is 95.3 Å². The molecule has 2 heterocycles. The lowest BCUT2D eigenvalue weighted by atomic mass is 9.83. The van der Waals surface area contributed by atoms with Crippen LogP contribution in [-0.2, 0) is 90.4 Å². The van der Waals surface area contributed by atoms with Gasteiger partial charge in [0, 0.05) is 94.9 Å². The van der Waals surface area contributed by atoms with Crippen LogP contribution < -0.4 is 10.6 Å². The van der Waals surface area contributed by atoms with Crippen LogP contribution in [0.15, 0.2) is 72.8 Å². The third-order valence-corrected chi connectivity index (χ3v) is 19.5. The number of ether oxygens (including phenoxy) is 7. The Morgan fingerprint density at radius 3 is 1.82 bits per heavy atom. The van der Waals surface area contributed by atoms with Gasteiger partial charge in [-0.05, 0) is 105 Å². The number of carbonyl (C=O) groups excluding carboxylic acids is 8. The number of likely N-dealkylation sites (tertiary alicyclic amines) is 1. The summed E-state index contributed by atoms with van der Waals surface area (Å²) in [6.45, 7) is 23.5. The van der Waals surface area contributed by atoms with Crippen molar-refractivity contribution in [3.05, 3.63) is 101 Å². The number of carbonyl (C=O) groups is 8. The Bertz CT molecular complexity index is 3210. The molecule has 1 fully saturated rings. The summed E-state index contributed by atoms with van der Waals surface area (Å²) in [5, 5.41) is 6.96. The van der Waals surface area contributed by atoms with Crippen LogP contribution in [0.1, 0.15) is 160 Å². The van der Waals surface area contributed by atoms with Crippen LogP contribution in [-0.4, -0.2) is 209 Å². The van der Waals surface area contributed by atoms with Crippen molar-refractivity contribution in [2.24, 2.45) is 35.5 Å². The molecule has 1 saturated heterocycles. The zero-order valence-electron chi connectivity index (χ0n) is 63.2. The number of amides is 4. The van der Waals surface area contributed by atoms with E-state index in [0.29, 0.717) is 126 Å². The van der Waals surface area contributed by atoms with E-state index in [0.717, 1.165) is 40.0 Å². The number of hydrogen-bond acceptors (Lipinski definition) is 18. The molecule has 4 amide bonds. The van der Waals surface area contributed by atoms with Gasteiger partial charge in [0.25, 0.3) is 0 Å². The van der Waals surface area contributed by atoms with Crippen molar-refractivity contribution in [2.45, 2.75) is 187 Å². The molecule has 0 bridgehead atoms. The van der Waals surface area contributed by atoms with Gasteiger partial charge in [0.2, 0.25) is 23.6 Å². The van der Waals surface area contributed by atoms with Gasteiger partial charge in [-0.2, -0.15) is 0 Å². The quantitative estimate of drug-likeness (QED) is 0.0236. The molecule has 5 rings (SSSR count). The lowest BCUT2D eigenvalue weighted by Gasteiger charge is -2.41. The highest BCUT2D eigenvalue weighted by Gasteiger charge is 2.44. The Kier molecular flexibility index (Phi) is 41.4. The number of nitrogens with zero attached hydrogens (tertiary/aromatic N) is 5. The first-order chi connectivity index (χ1) is 48.7. The van der Waals surface area contributed by atoms with Crippen LogP contribution in [0.4, 0.5) is 5.69 Å². The summed E-state index contributed by atoms with van der Waals surface area (Å²) in [4.78, 5) is 121. The van der Waals surface area contributed by atoms with Gasteiger partial charge >= 0.3 is 0 Å². The average molecular weight is 1550 g/mol. The number of Topliss-reactive ketones (excluding diaryl/α,β-unsaturated/α-hetero) is 4. The molecule has 0 saturated carbocycles. The molecular weight excluding hydrogens is 1430 g/mol. The predicted molar refractivity (Wildman–Crippen MR) is 405 cm³/mol. The normalized spacial score (nSPS) is 15.5. The van der Waals surface area contributed by atoms with Gasteiger partial charge in [-0.25, -0.2) is 9.97 Å². The maximum atomic E-state index is 14.4. The maximum absolute atomic E-state index is 14.4. The lowest BCUT2D eigenvalue weighted by molar-refractivity contribution is -0.149. The van der Waals surface area contributed by atoms with Gasteiger partial charge in [0.15, 0.2) is 17.3 Å². The average Bonchev–Trinajstić information content (AvgIpc) is 1.11. The first-order valence-electron chi connectivity index (χ1n) is 36.1. The van der Waals surface area contributed by atoms with Crippen molar-refractivity contribution in [1.82, 2.24) is 30.0 Å². The molecule has 1 aliphatic heterocycles. The Labute approximate surface area is 623 Å². The zero-order chi connectivity index (χ0) is 75.4. The molecule has 2 N–H and O–H groups in total. The number of methoxy groups -OCH3 is 2. The lowest BCUT2D eigenvalue weighted by Crippen LogP contribution is -2.55. The van der Waals surface area contributed by atoms with Crippen molar-refractivity contribution < 1.29 is 71.5 Å². The number of anilines is 1. The standard InChI is InChI=1S/C51H79N5O9.C27H38Br2N2O6/c1-14-34(6)48(55(11)51(62)40(32(2)3)28-43(58)47(33(4)5)54(9)10)45(63-12)29-46(60)56-26-18-21-42(56)49(64-13)35(7)50(61)53-41(27-37-19-16-15-17-20-37)44(59)31-65-30-38-22-24-39(25-23-38)52-36(8)57;1-20(2)16-22(32)7-9-35-11-13-37-15-14-36-12-10-34-8-3-4-27(33)21-5-6-23-24(17-21)31-26(19-29)25(18-28)30-23/h15-17,19-20,22-25,32-35,40-42,45,47-49H,14,18,21,26-31H2,1-13H3,(H,52,57)(H,53,61);5-6,17,20H,3-4,7-16,18-19H2,1-2H3/t34-,35+,40-,41-,42-,45+,47-,48-,49+;/m0./s1. The SMILES string of the molecule is CC(C)CC(=O)CCOCCOCCOCCOCCCC(=O)c1ccc2nc(CBr)c(CBr)nc2c1.CC[C@H](C)[C@@H]([C@@H](CC(=O)N1CCC[C@H]1[C@H](OC)[C@@H](C)C(=O)N[C@@H](Cc1ccccc1)C(=O)COCc1ccc(NC(C)=O)cc1)OC)N(C)C(=O)[C@@H](CC(=O)[C@H](C(C)C)N(C)C)C(C)C. The largest absolute Gasteiger partial charge is 0.379 e. The summed E-state index contributed by atoms with van der Waals surface area (Å²) in [5.74, 6) is -1.72. The molecule has 3 aromatic carbocycles. The van der Waals surface area contributed by atoms with Gasteiger partial charge in [0.05, 0.1) is 124 Å². The molecule has 4 aromatic rings. The van der Waals surface area contributed by atoms with Gasteiger partial charge in [0.1, 0.15) is 12.4 Å². The van der Waals surface area contributed by atoms with Crippen LogP contribution in [0.5, 0.6) is 0 Å². The molecule has 102 heavy (non-hydrogen) atoms. The number of ketones is 4. The molecule has 1 aromatic heterocycles. The van der Waals surface area contributed by atoms with E-state index in [2.05, 4.69) is 59.4 Å². The van der Waals surface area contributed by atoms with E-state index in [1.54, 1.807) is 43.0 Å². The van der Waals surface area contributed by atoms with Crippen LogP contribution in [0, 0.1) is 35.5 Å². The van der Waals surface area contributed by atoms with Gasteiger partial charge in [-0.3, -0.25) is 43.3 Å². The van der Waals surface area contributed by atoms with Crippen LogP contribution in [0.25, 0.3) is 11.0 Å². The monoisotopic (exact) mass is 1550 g/mol. The van der Waals surface area contributed by atoms with Crippen molar-refractivity contribution in [3.8, 4) is 0 Å². The number of hydrogen-bond donors (Lipinski definition) is 2. The van der Waals surface area contributed by atoms with Gasteiger partial charge in [-0.1, -0.05) is 143 Å². The summed E-state index contributed by atoms with van der Waals surface area (Å²) >= 11 is 6.88. The highest BCUT2D eigenvalue weighted by atomic mass is 79.9. The summed E-state index contributed by atoms with van der Waals surface area (Å²) in [7, 11) is 8.64. The highest BCUT2D eigenvalue weighted by Crippen LogP contribution is 2.32. The summed E-state index contributed by atoms with van der Waals surface area (Å²) < 4.78 is 39.8. The molecule has 0 unspecified atom stereocenters. The number of rotatable bonds is 48. The predicted octanol–water partition coefficient (Wildman–Crippen LogP) is 11.7. The van der Waals surface area contributed by atoms with E-state index in [-0.39, 0.29) is 103 Å². The Balaban J connectivity index is 0.000000503. The fourth-order valence-corrected chi connectivity index (χ4v) is 13.8. The van der Waals surface area contributed by atoms with Crippen LogP contribution >= 0.6 is 31.9 Å². The number of nitrogens with one attached hydrogen (secondary N) is 2. The number of benzene rings is 3. The molecule has 24 heteroatoms. The molecule has 0 spiro atoms. The van der Waals surface area contributed by atoms with E-state index in [1.165, 1.54) is 14.0 Å². The van der Waals surface area contributed by atoms with E-state index in [4.69, 9.17) is 33.2 Å². The number of likely N-dealkylation sites (N-methyl/N-ethyl adjacent to an activating group) is 2. The Morgan fingerprint density at radius 2 is 1.27 bits per heavy atom. The van der Waals surface area contributed by atoms with Gasteiger partial charge in [-0.15, -0.1) is 0 Å². The first-order valence-corrected chi connectivity index (χ1v) is 38.3. The third kappa shape index (κ3) is 30.0. The van der Waals surface area contributed by atoms with Gasteiger partial charge < -0.3 is 53.6 Å². The third-order valence-electron chi connectivity index (χ3n) is 18.5. The van der Waals surface area contributed by atoms with Crippen molar-refractivity contribution in [2.75, 3.05) is 107 Å². The smallest absolute Gasteiger partial charge is 0.226 e. The van der Waals surface area contributed by atoms with Crippen molar-refractivity contribution in [1.29, 1.82) is 0 Å².